The van der Waals surface area contributed by atoms with E-state index >= 15 is 0 Å². The zero-order chi connectivity index (χ0) is 31.2. The summed E-state index contributed by atoms with van der Waals surface area (Å²) in [6.07, 6.45) is -7.29. The minimum absolute atomic E-state index is 0.252. The van der Waals surface area contributed by atoms with E-state index in [1.54, 1.807) is 0 Å². The highest BCUT2D eigenvalue weighted by atomic mass is 16.7. The van der Waals surface area contributed by atoms with Crippen LogP contribution in [0.4, 0.5) is 0 Å². The Morgan fingerprint density at radius 2 is 1.43 bits per heavy atom. The van der Waals surface area contributed by atoms with Gasteiger partial charge in [-0.2, -0.15) is 0 Å². The molecular formula is C26H46N2O14. The van der Waals surface area contributed by atoms with Crippen LogP contribution in [0.5, 0.6) is 0 Å². The first-order valence-corrected chi connectivity index (χ1v) is 14.2. The lowest BCUT2D eigenvalue weighted by atomic mass is 9.95. The van der Waals surface area contributed by atoms with E-state index in [4.69, 9.17) is 28.8 Å². The molecule has 0 bridgehead atoms. The monoisotopic (exact) mass is 610 g/mol. The van der Waals surface area contributed by atoms with E-state index in [0.717, 1.165) is 32.1 Å². The van der Waals surface area contributed by atoms with Crippen LogP contribution in [0.25, 0.3) is 0 Å². The van der Waals surface area contributed by atoms with Gasteiger partial charge in [0.2, 0.25) is 11.8 Å². The summed E-state index contributed by atoms with van der Waals surface area (Å²) in [4.78, 5) is 34.9. The van der Waals surface area contributed by atoms with Crippen LogP contribution in [0, 0.1) is 0 Å². The van der Waals surface area contributed by atoms with E-state index in [0.29, 0.717) is 6.42 Å². The Morgan fingerprint density at radius 3 is 2.05 bits per heavy atom. The highest BCUT2D eigenvalue weighted by molar-refractivity contribution is 5.81. The standard InChI is InChI=1S/C26H46N2O14/c1-3-4-5-6-7-8-9-38-25-19(28-14(2)31)23(21(36)16(12-30)40-25)42-26-24(22(37)20(35)15(11-29)41-26)39-13-17(32)27-10-18(33)34/h15-16,19-26,29-30,35-37H,3-13H2,1-2H3,(H,27,32)(H,28,31)(H,33,34)/t15-,16-,19-,20+,21-,22+,23-,24-,25-,26+/m1/s1. The molecule has 0 aromatic carbocycles. The average Bonchev–Trinajstić information content (AvgIpc) is 2.95. The molecule has 0 saturated carbocycles. The van der Waals surface area contributed by atoms with Crippen LogP contribution in [-0.4, -0.2) is 143 Å². The summed E-state index contributed by atoms with van der Waals surface area (Å²) in [6.45, 7) is 0.781. The maximum Gasteiger partial charge on any atom is 0.322 e. The Balaban J connectivity index is 2.23. The van der Waals surface area contributed by atoms with Crippen molar-refractivity contribution in [3.8, 4) is 0 Å². The molecule has 244 valence electrons. The number of aliphatic carboxylic acids is 1. The second kappa shape index (κ2) is 18.6. The largest absolute Gasteiger partial charge is 0.480 e. The van der Waals surface area contributed by atoms with Crippen molar-refractivity contribution in [1.82, 2.24) is 10.6 Å². The highest BCUT2D eigenvalue weighted by Crippen LogP contribution is 2.31. The fraction of sp³-hybridized carbons (Fsp3) is 0.885. The SMILES string of the molecule is CCCCCCCCO[C@@H]1O[C@H](CO)[C@@H](O)[C@H](O[C@@H]2O[C@H](CO)[C@H](O)[C@H](O)[C@H]2OCC(=O)NCC(=O)O)[C@H]1NC(C)=O. The molecule has 2 saturated heterocycles. The molecule has 16 heteroatoms. The molecule has 0 aromatic heterocycles. The fourth-order valence-electron chi connectivity index (χ4n) is 4.74. The van der Waals surface area contributed by atoms with Gasteiger partial charge in [0.25, 0.3) is 0 Å². The van der Waals surface area contributed by atoms with Crippen molar-refractivity contribution >= 4 is 17.8 Å². The summed E-state index contributed by atoms with van der Waals surface area (Å²) in [7, 11) is 0. The maximum absolute atomic E-state index is 12.1. The average molecular weight is 611 g/mol. The van der Waals surface area contributed by atoms with Crippen LogP contribution in [0.2, 0.25) is 0 Å². The molecular weight excluding hydrogens is 564 g/mol. The molecule has 0 aromatic rings. The molecule has 16 nitrogen and oxygen atoms in total. The van der Waals surface area contributed by atoms with Gasteiger partial charge in [-0.1, -0.05) is 39.0 Å². The molecule has 8 N–H and O–H groups in total. The van der Waals surface area contributed by atoms with E-state index in [2.05, 4.69) is 17.6 Å². The van der Waals surface area contributed by atoms with Crippen LogP contribution in [0.15, 0.2) is 0 Å². The third kappa shape index (κ3) is 10.9. The Labute approximate surface area is 244 Å². The van der Waals surface area contributed by atoms with Crippen LogP contribution in [0.1, 0.15) is 52.4 Å². The summed E-state index contributed by atoms with van der Waals surface area (Å²) >= 11 is 0. The van der Waals surface area contributed by atoms with Crippen LogP contribution >= 0.6 is 0 Å². The van der Waals surface area contributed by atoms with Gasteiger partial charge in [-0.25, -0.2) is 0 Å². The Hall–Kier alpha value is -1.99. The van der Waals surface area contributed by atoms with Gasteiger partial charge in [0.15, 0.2) is 12.6 Å². The minimum Gasteiger partial charge on any atom is -0.480 e. The van der Waals surface area contributed by atoms with Crippen LogP contribution in [0.3, 0.4) is 0 Å². The number of ether oxygens (including phenoxy) is 5. The molecule has 2 fully saturated rings. The summed E-state index contributed by atoms with van der Waals surface area (Å²) < 4.78 is 28.7. The molecule has 0 unspecified atom stereocenters. The number of amides is 2. The molecule has 2 heterocycles. The molecule has 0 radical (unpaired) electrons. The van der Waals surface area contributed by atoms with E-state index in [-0.39, 0.29) is 6.61 Å². The number of rotatable bonds is 18. The number of carboxylic acid groups (broad SMARTS) is 1. The number of carboxylic acids is 1. The Morgan fingerprint density at radius 1 is 0.810 bits per heavy atom. The first kappa shape index (κ1) is 36.2. The molecule has 10 atom stereocenters. The lowest BCUT2D eigenvalue weighted by Crippen LogP contribution is -2.68. The normalized spacial score (nSPS) is 33.2. The molecule has 42 heavy (non-hydrogen) atoms. The van der Waals surface area contributed by atoms with Gasteiger partial charge in [0.05, 0.1) is 13.2 Å². The molecule has 2 amide bonds. The first-order valence-electron chi connectivity index (χ1n) is 14.2. The van der Waals surface area contributed by atoms with E-state index in [1.807, 2.05) is 0 Å². The van der Waals surface area contributed by atoms with E-state index < -0.39 is 105 Å². The lowest BCUT2D eigenvalue weighted by molar-refractivity contribution is -0.348. The van der Waals surface area contributed by atoms with Gasteiger partial charge >= 0.3 is 5.97 Å². The summed E-state index contributed by atoms with van der Waals surface area (Å²) in [6, 6.07) is -1.14. The van der Waals surface area contributed by atoms with Crippen molar-refractivity contribution in [3.05, 3.63) is 0 Å². The molecule has 2 rings (SSSR count). The number of carbonyl (C=O) groups is 3. The van der Waals surface area contributed by atoms with Crippen molar-refractivity contribution in [2.75, 3.05) is 33.0 Å². The number of aliphatic hydroxyl groups excluding tert-OH is 5. The number of carbonyl (C=O) groups excluding carboxylic acids is 2. The van der Waals surface area contributed by atoms with Gasteiger partial charge < -0.3 is 65.0 Å². The van der Waals surface area contributed by atoms with E-state index in [1.165, 1.54) is 6.92 Å². The van der Waals surface area contributed by atoms with Gasteiger partial charge in [0.1, 0.15) is 61.9 Å². The Kier molecular flexibility index (Phi) is 16.1. The molecule has 0 spiro atoms. The molecule has 2 aliphatic heterocycles. The van der Waals surface area contributed by atoms with E-state index in [9.17, 15) is 39.9 Å². The minimum atomic E-state index is -1.75. The zero-order valence-corrected chi connectivity index (χ0v) is 24.0. The predicted molar refractivity (Wildman–Crippen MR) is 142 cm³/mol. The van der Waals surface area contributed by atoms with Crippen molar-refractivity contribution in [1.29, 1.82) is 0 Å². The van der Waals surface area contributed by atoms with Crippen molar-refractivity contribution in [3.63, 3.8) is 0 Å². The van der Waals surface area contributed by atoms with Crippen molar-refractivity contribution in [2.24, 2.45) is 0 Å². The third-order valence-corrected chi connectivity index (χ3v) is 6.96. The smallest absolute Gasteiger partial charge is 0.322 e. The number of aliphatic hydroxyl groups is 5. The van der Waals surface area contributed by atoms with Crippen molar-refractivity contribution < 1.29 is 68.7 Å². The van der Waals surface area contributed by atoms with Crippen molar-refractivity contribution in [2.45, 2.75) is 114 Å². The second-order valence-electron chi connectivity index (χ2n) is 10.3. The second-order valence-corrected chi connectivity index (χ2v) is 10.3. The van der Waals surface area contributed by atoms with Crippen LogP contribution in [-0.2, 0) is 38.1 Å². The third-order valence-electron chi connectivity index (χ3n) is 6.96. The summed E-state index contributed by atoms with van der Waals surface area (Å²) in [5, 5.41) is 65.1. The number of nitrogens with one attached hydrogen (secondary N) is 2. The zero-order valence-electron chi connectivity index (χ0n) is 24.0. The Bertz CT molecular complexity index is 835. The topological polar surface area (TPSA) is 243 Å². The summed E-state index contributed by atoms with van der Waals surface area (Å²) in [5.41, 5.74) is 0. The molecule has 0 aliphatic carbocycles. The molecule has 2 aliphatic rings. The van der Waals surface area contributed by atoms with Gasteiger partial charge in [-0.05, 0) is 6.42 Å². The van der Waals surface area contributed by atoms with Crippen LogP contribution < -0.4 is 10.6 Å². The quantitative estimate of drug-likeness (QED) is 0.0740. The maximum atomic E-state index is 12.1. The van der Waals surface area contributed by atoms with Gasteiger partial charge in [0, 0.05) is 13.5 Å². The fourth-order valence-corrected chi connectivity index (χ4v) is 4.74. The number of hydrogen-bond acceptors (Lipinski definition) is 13. The van der Waals surface area contributed by atoms with Gasteiger partial charge in [-0.15, -0.1) is 0 Å². The lowest BCUT2D eigenvalue weighted by Gasteiger charge is -2.48. The highest BCUT2D eigenvalue weighted by Gasteiger charge is 2.52. The van der Waals surface area contributed by atoms with Gasteiger partial charge in [-0.3, -0.25) is 14.4 Å². The number of hydrogen-bond donors (Lipinski definition) is 8. The first-order chi connectivity index (χ1) is 20.0. The predicted octanol–water partition coefficient (Wildman–Crippen LogP) is -2.64. The number of unbranched alkanes of at least 4 members (excludes halogenated alkanes) is 5. The summed E-state index contributed by atoms with van der Waals surface area (Å²) in [5.74, 6) is -2.67.